The Morgan fingerprint density at radius 1 is 0.440 bits per heavy atom. The predicted molar refractivity (Wildman–Crippen MR) is 210 cm³/mol. The molecule has 0 aromatic heterocycles. The number of carbonyl (C=O) groups is 2. The monoisotopic (exact) mass is 693 g/mol. The van der Waals surface area contributed by atoms with E-state index in [4.69, 9.17) is 9.47 Å². The number of unbranched alkanes of at least 4 members (excludes halogenated alkanes) is 14. The molecule has 0 fully saturated rings. The van der Waals surface area contributed by atoms with E-state index in [0.29, 0.717) is 26.1 Å². The Kier molecular flexibility index (Phi) is 25.2. The predicted octanol–water partition coefficient (Wildman–Crippen LogP) is 11.1. The molecule has 6 heteroatoms. The summed E-state index contributed by atoms with van der Waals surface area (Å²) >= 11 is 0. The van der Waals surface area contributed by atoms with Gasteiger partial charge in [0, 0.05) is 12.8 Å². The summed E-state index contributed by atoms with van der Waals surface area (Å²) in [5.41, 5.74) is 4.16. The second kappa shape index (κ2) is 28.9. The Balaban J connectivity index is 1.54. The van der Waals surface area contributed by atoms with Gasteiger partial charge in [0.25, 0.3) is 0 Å². The second-order valence-electron chi connectivity index (χ2n) is 14.5. The highest BCUT2D eigenvalue weighted by molar-refractivity contribution is 5.70. The largest absolute Gasteiger partial charge is 0.461 e. The first-order valence-electron chi connectivity index (χ1n) is 20.3. The van der Waals surface area contributed by atoms with Crippen LogP contribution in [0.1, 0.15) is 153 Å². The third kappa shape index (κ3) is 22.2. The molecule has 0 radical (unpaired) electrons. The number of carbonyl (C=O) groups excluding carboxylic acids is 2. The fraction of sp³-hybridized carbons (Fsp3) is 0.682. The summed E-state index contributed by atoms with van der Waals surface area (Å²) in [4.78, 5) is 29.3. The van der Waals surface area contributed by atoms with Crippen molar-refractivity contribution < 1.29 is 19.1 Å². The van der Waals surface area contributed by atoms with Crippen molar-refractivity contribution in [3.05, 3.63) is 59.7 Å². The van der Waals surface area contributed by atoms with Crippen LogP contribution in [0.2, 0.25) is 0 Å². The minimum absolute atomic E-state index is 0.132. The molecule has 0 aliphatic carbocycles. The third-order valence-electron chi connectivity index (χ3n) is 9.67. The highest BCUT2D eigenvalue weighted by Gasteiger charge is 2.08. The standard InChI is InChI=1S/C44H72N2O4/c1-5-7-9-11-13-15-17-19-33-45(3)35-21-23-43(47)49-37-39-25-29-41(30-26-39)42-31-27-40(28-32-42)38-50-44(48)24-22-36-46(4)34-20-18-16-14-12-10-8-6-2/h25-32H,5-24,33-38H2,1-4H3. The van der Waals surface area contributed by atoms with E-state index >= 15 is 0 Å². The second-order valence-corrected chi connectivity index (χ2v) is 14.5. The lowest BCUT2D eigenvalue weighted by atomic mass is 10.0. The molecule has 0 saturated heterocycles. The maximum Gasteiger partial charge on any atom is 0.306 e. The van der Waals surface area contributed by atoms with Crippen molar-refractivity contribution in [3.63, 3.8) is 0 Å². The van der Waals surface area contributed by atoms with Crippen LogP contribution in [0.3, 0.4) is 0 Å². The van der Waals surface area contributed by atoms with Gasteiger partial charge in [-0.1, -0.05) is 152 Å². The summed E-state index contributed by atoms with van der Waals surface area (Å²) < 4.78 is 11.1. The summed E-state index contributed by atoms with van der Waals surface area (Å²) in [6.07, 6.45) is 23.9. The molecular weight excluding hydrogens is 620 g/mol. The van der Waals surface area contributed by atoms with Crippen LogP contribution in [0.15, 0.2) is 48.5 Å². The first kappa shape index (κ1) is 43.5. The number of esters is 2. The van der Waals surface area contributed by atoms with Crippen LogP contribution >= 0.6 is 0 Å². The first-order chi connectivity index (χ1) is 24.4. The van der Waals surface area contributed by atoms with Gasteiger partial charge in [-0.25, -0.2) is 0 Å². The highest BCUT2D eigenvalue weighted by Crippen LogP contribution is 2.21. The minimum Gasteiger partial charge on any atom is -0.461 e. The van der Waals surface area contributed by atoms with Gasteiger partial charge < -0.3 is 19.3 Å². The molecule has 2 rings (SSSR count). The van der Waals surface area contributed by atoms with Crippen molar-refractivity contribution in [2.24, 2.45) is 0 Å². The van der Waals surface area contributed by atoms with Crippen LogP contribution in [0.25, 0.3) is 11.1 Å². The van der Waals surface area contributed by atoms with E-state index in [9.17, 15) is 9.59 Å². The van der Waals surface area contributed by atoms with Gasteiger partial charge in [0.1, 0.15) is 13.2 Å². The highest BCUT2D eigenvalue weighted by atomic mass is 16.5. The van der Waals surface area contributed by atoms with Crippen LogP contribution in [-0.4, -0.2) is 62.0 Å². The van der Waals surface area contributed by atoms with Crippen molar-refractivity contribution in [2.45, 2.75) is 155 Å². The van der Waals surface area contributed by atoms with Crippen molar-refractivity contribution in [1.29, 1.82) is 0 Å². The number of nitrogens with zero attached hydrogens (tertiary/aromatic N) is 2. The topological polar surface area (TPSA) is 59.1 Å². The SMILES string of the molecule is CCCCCCCCCCN(C)CCCC(=O)OCc1ccc(-c2ccc(COC(=O)CCCN(C)CCCCCCCCCC)cc2)cc1. The number of rotatable bonds is 31. The zero-order valence-corrected chi connectivity index (χ0v) is 32.5. The van der Waals surface area contributed by atoms with Crippen molar-refractivity contribution in [1.82, 2.24) is 9.80 Å². The van der Waals surface area contributed by atoms with Crippen molar-refractivity contribution in [3.8, 4) is 11.1 Å². The summed E-state index contributed by atoms with van der Waals surface area (Å²) in [5.74, 6) is -0.264. The normalized spacial score (nSPS) is 11.4. The molecule has 0 N–H and O–H groups in total. The Morgan fingerprint density at radius 2 is 0.740 bits per heavy atom. The molecule has 0 heterocycles. The lowest BCUT2D eigenvalue weighted by molar-refractivity contribution is -0.146. The Labute approximate surface area is 306 Å². The molecule has 0 spiro atoms. The van der Waals surface area contributed by atoms with Gasteiger partial charge in [-0.3, -0.25) is 9.59 Å². The van der Waals surface area contributed by atoms with Gasteiger partial charge in [-0.2, -0.15) is 0 Å². The average molecular weight is 693 g/mol. The van der Waals surface area contributed by atoms with E-state index in [1.54, 1.807) is 0 Å². The molecule has 0 bridgehead atoms. The van der Waals surface area contributed by atoms with Crippen LogP contribution < -0.4 is 0 Å². The first-order valence-corrected chi connectivity index (χ1v) is 20.3. The van der Waals surface area contributed by atoms with Gasteiger partial charge in [-0.05, 0) is 88.2 Å². The number of hydrogen-bond acceptors (Lipinski definition) is 6. The number of hydrogen-bond donors (Lipinski definition) is 0. The quantitative estimate of drug-likeness (QED) is 0.0579. The van der Waals surface area contributed by atoms with Gasteiger partial charge in [0.2, 0.25) is 0 Å². The van der Waals surface area contributed by atoms with Crippen molar-refractivity contribution in [2.75, 3.05) is 40.3 Å². The Bertz CT molecular complexity index is 1030. The molecule has 0 aliphatic heterocycles. The smallest absolute Gasteiger partial charge is 0.306 e. The molecule has 50 heavy (non-hydrogen) atoms. The Morgan fingerprint density at radius 3 is 1.08 bits per heavy atom. The fourth-order valence-electron chi connectivity index (χ4n) is 6.30. The van der Waals surface area contributed by atoms with E-state index in [1.807, 2.05) is 24.3 Å². The zero-order valence-electron chi connectivity index (χ0n) is 32.5. The van der Waals surface area contributed by atoms with E-state index in [2.05, 4.69) is 62.0 Å². The van der Waals surface area contributed by atoms with E-state index in [0.717, 1.165) is 61.3 Å². The minimum atomic E-state index is -0.132. The number of ether oxygens (including phenoxy) is 2. The van der Waals surface area contributed by atoms with E-state index < -0.39 is 0 Å². The summed E-state index contributed by atoms with van der Waals surface area (Å²) in [6.45, 7) is 9.18. The molecule has 6 nitrogen and oxygen atoms in total. The molecular formula is C44H72N2O4. The molecule has 0 unspecified atom stereocenters. The lowest BCUT2D eigenvalue weighted by Crippen LogP contribution is -2.21. The summed E-state index contributed by atoms with van der Waals surface area (Å²) in [7, 11) is 4.30. The van der Waals surface area contributed by atoms with Gasteiger partial charge in [0.15, 0.2) is 0 Å². The van der Waals surface area contributed by atoms with Crippen LogP contribution in [0.4, 0.5) is 0 Å². The van der Waals surface area contributed by atoms with Gasteiger partial charge in [-0.15, -0.1) is 0 Å². The van der Waals surface area contributed by atoms with E-state index in [1.165, 1.54) is 103 Å². The molecule has 0 atom stereocenters. The summed E-state index contributed by atoms with van der Waals surface area (Å²) in [5, 5.41) is 0. The summed E-state index contributed by atoms with van der Waals surface area (Å²) in [6, 6.07) is 16.3. The average Bonchev–Trinajstić information content (AvgIpc) is 3.12. The zero-order chi connectivity index (χ0) is 36.1. The molecule has 0 amide bonds. The Hall–Kier alpha value is -2.70. The molecule has 0 saturated carbocycles. The third-order valence-corrected chi connectivity index (χ3v) is 9.67. The lowest BCUT2D eigenvalue weighted by Gasteiger charge is -2.16. The molecule has 0 aliphatic rings. The van der Waals surface area contributed by atoms with E-state index in [-0.39, 0.29) is 11.9 Å². The number of benzene rings is 2. The molecule has 282 valence electrons. The molecule has 2 aromatic carbocycles. The van der Waals surface area contributed by atoms with Crippen LogP contribution in [0, 0.1) is 0 Å². The van der Waals surface area contributed by atoms with Gasteiger partial charge >= 0.3 is 11.9 Å². The van der Waals surface area contributed by atoms with Crippen molar-refractivity contribution >= 4 is 11.9 Å². The van der Waals surface area contributed by atoms with Crippen LogP contribution in [0.5, 0.6) is 0 Å². The maximum absolute atomic E-state index is 12.3. The molecule has 2 aromatic rings. The maximum atomic E-state index is 12.3. The van der Waals surface area contributed by atoms with Gasteiger partial charge in [0.05, 0.1) is 0 Å². The van der Waals surface area contributed by atoms with Crippen LogP contribution in [-0.2, 0) is 32.3 Å². The fourth-order valence-corrected chi connectivity index (χ4v) is 6.30.